The lowest BCUT2D eigenvalue weighted by Crippen LogP contribution is -2.02. The number of fused-ring (bicyclic) bond motifs is 1. The average molecular weight is 263 g/mol. The second kappa shape index (κ2) is 5.32. The molecule has 0 fully saturated rings. The van der Waals surface area contributed by atoms with Crippen molar-refractivity contribution >= 4 is 22.6 Å². The molecule has 2 aromatic rings. The fourth-order valence-electron chi connectivity index (χ4n) is 1.95. The van der Waals surface area contributed by atoms with Crippen LogP contribution in [0.15, 0.2) is 18.2 Å². The van der Waals surface area contributed by atoms with Crippen molar-refractivity contribution in [2.24, 2.45) is 0 Å². The van der Waals surface area contributed by atoms with Crippen molar-refractivity contribution in [1.29, 1.82) is 0 Å². The van der Waals surface area contributed by atoms with Crippen molar-refractivity contribution in [3.05, 3.63) is 24.0 Å². The van der Waals surface area contributed by atoms with Crippen LogP contribution < -0.4 is 4.74 Å². The first-order chi connectivity index (χ1) is 8.67. The second-order valence-corrected chi connectivity index (χ2v) is 4.61. The summed E-state index contributed by atoms with van der Waals surface area (Å²) in [6, 6.07) is 5.80. The highest BCUT2D eigenvalue weighted by Crippen LogP contribution is 2.27. The number of nitrogens with zero attached hydrogens (tertiary/aromatic N) is 2. The molecule has 1 heterocycles. The largest absolute Gasteiger partial charge is 0.494 e. The first-order valence-corrected chi connectivity index (χ1v) is 6.31. The lowest BCUT2D eigenvalue weighted by molar-refractivity contribution is 0.340. The Balaban J connectivity index is 2.57. The van der Waals surface area contributed by atoms with Gasteiger partial charge in [0.1, 0.15) is 11.6 Å². The molecule has 1 aromatic heterocycles. The zero-order chi connectivity index (χ0) is 13.1. The maximum absolute atomic E-state index is 6.13. The molecule has 2 rings (SSSR count). The minimum atomic E-state index is -0.179. The molecule has 0 radical (unpaired) electrons. The summed E-state index contributed by atoms with van der Waals surface area (Å²) in [7, 11) is 0. The summed E-state index contributed by atoms with van der Waals surface area (Å²) in [5.74, 6) is 4.23. The van der Waals surface area contributed by atoms with Crippen molar-refractivity contribution in [2.75, 3.05) is 6.61 Å². The number of hydrogen-bond acceptors (Lipinski definition) is 2. The fraction of sp³-hybridized carbons (Fsp3) is 0.357. The number of halogens is 1. The van der Waals surface area contributed by atoms with E-state index in [1.807, 2.05) is 36.6 Å². The third kappa shape index (κ3) is 2.30. The Bertz CT molecular complexity index is 596. The monoisotopic (exact) mass is 262 g/mol. The van der Waals surface area contributed by atoms with Gasteiger partial charge >= 0.3 is 0 Å². The van der Waals surface area contributed by atoms with Crippen molar-refractivity contribution in [1.82, 2.24) is 9.55 Å². The maximum Gasteiger partial charge on any atom is 0.128 e. The molecule has 0 amide bonds. The highest BCUT2D eigenvalue weighted by molar-refractivity contribution is 6.20. The molecule has 0 aliphatic carbocycles. The van der Waals surface area contributed by atoms with Gasteiger partial charge < -0.3 is 9.30 Å². The van der Waals surface area contributed by atoms with E-state index < -0.39 is 0 Å². The number of benzene rings is 1. The van der Waals surface area contributed by atoms with Crippen molar-refractivity contribution in [3.8, 4) is 18.1 Å². The predicted octanol–water partition coefficient (Wildman–Crippen LogP) is 3.37. The van der Waals surface area contributed by atoms with Crippen LogP contribution in [0.3, 0.4) is 0 Å². The molecule has 0 spiro atoms. The molecule has 0 bridgehead atoms. The molecule has 94 valence electrons. The highest BCUT2D eigenvalue weighted by atomic mass is 35.5. The van der Waals surface area contributed by atoms with E-state index in [4.69, 9.17) is 22.8 Å². The van der Waals surface area contributed by atoms with E-state index in [0.29, 0.717) is 13.2 Å². The summed E-state index contributed by atoms with van der Waals surface area (Å²) in [5, 5.41) is -0.179. The van der Waals surface area contributed by atoms with Gasteiger partial charge in [0.2, 0.25) is 0 Å². The predicted molar refractivity (Wildman–Crippen MR) is 74.0 cm³/mol. The van der Waals surface area contributed by atoms with Crippen LogP contribution in [-0.4, -0.2) is 16.2 Å². The molecule has 1 unspecified atom stereocenters. The Morgan fingerprint density at radius 1 is 1.56 bits per heavy atom. The molecule has 3 nitrogen and oxygen atoms in total. The van der Waals surface area contributed by atoms with Gasteiger partial charge in [-0.25, -0.2) is 4.98 Å². The molecular weight excluding hydrogens is 248 g/mol. The lowest BCUT2D eigenvalue weighted by Gasteiger charge is -2.06. The molecule has 1 aromatic carbocycles. The summed E-state index contributed by atoms with van der Waals surface area (Å²) in [5.41, 5.74) is 1.85. The van der Waals surface area contributed by atoms with Crippen LogP contribution in [0.5, 0.6) is 5.75 Å². The second-order valence-electron chi connectivity index (χ2n) is 3.96. The van der Waals surface area contributed by atoms with Gasteiger partial charge in [-0.1, -0.05) is 5.92 Å². The van der Waals surface area contributed by atoms with Gasteiger partial charge in [-0.05, 0) is 26.0 Å². The van der Waals surface area contributed by atoms with Crippen LogP contribution in [0.4, 0.5) is 0 Å². The van der Waals surface area contributed by atoms with Gasteiger partial charge in [-0.3, -0.25) is 0 Å². The number of imidazole rings is 1. The summed E-state index contributed by atoms with van der Waals surface area (Å²) in [6.45, 7) is 4.94. The molecule has 0 aliphatic rings. The Labute approximate surface area is 112 Å². The van der Waals surface area contributed by atoms with Crippen molar-refractivity contribution in [2.45, 2.75) is 25.8 Å². The first kappa shape index (κ1) is 12.8. The van der Waals surface area contributed by atoms with Crippen molar-refractivity contribution < 1.29 is 4.74 Å². The summed E-state index contributed by atoms with van der Waals surface area (Å²) in [6.07, 6.45) is 5.39. The third-order valence-electron chi connectivity index (χ3n) is 2.67. The van der Waals surface area contributed by atoms with Crippen LogP contribution in [0.1, 0.15) is 25.0 Å². The van der Waals surface area contributed by atoms with E-state index in [-0.39, 0.29) is 5.38 Å². The average Bonchev–Trinajstić information content (AvgIpc) is 2.69. The van der Waals surface area contributed by atoms with E-state index in [1.165, 1.54) is 0 Å². The topological polar surface area (TPSA) is 27.1 Å². The van der Waals surface area contributed by atoms with E-state index in [2.05, 4.69) is 10.9 Å². The minimum Gasteiger partial charge on any atom is -0.494 e. The number of ether oxygens (including phenoxy) is 1. The zero-order valence-corrected chi connectivity index (χ0v) is 11.2. The van der Waals surface area contributed by atoms with Gasteiger partial charge in [0.05, 0.1) is 29.6 Å². The molecule has 0 N–H and O–H groups in total. The summed E-state index contributed by atoms with van der Waals surface area (Å²) in [4.78, 5) is 4.53. The number of aromatic nitrogens is 2. The zero-order valence-electron chi connectivity index (χ0n) is 10.5. The van der Waals surface area contributed by atoms with Crippen LogP contribution >= 0.6 is 11.6 Å². The van der Waals surface area contributed by atoms with Crippen LogP contribution in [-0.2, 0) is 6.54 Å². The van der Waals surface area contributed by atoms with Gasteiger partial charge in [-0.15, -0.1) is 18.0 Å². The smallest absolute Gasteiger partial charge is 0.128 e. The van der Waals surface area contributed by atoms with Gasteiger partial charge in [-0.2, -0.15) is 0 Å². The molecule has 1 atom stereocenters. The Hall–Kier alpha value is -1.66. The Morgan fingerprint density at radius 3 is 2.94 bits per heavy atom. The van der Waals surface area contributed by atoms with Crippen LogP contribution in [0.2, 0.25) is 0 Å². The molecule has 0 saturated heterocycles. The normalized spacial score (nSPS) is 12.3. The number of alkyl halides is 1. The SMILES string of the molecule is C#CCn1c(C(C)Cl)nc2cc(OCC)ccc21. The quantitative estimate of drug-likeness (QED) is 0.624. The van der Waals surface area contributed by atoms with Gasteiger partial charge in [0.15, 0.2) is 0 Å². The number of rotatable bonds is 4. The van der Waals surface area contributed by atoms with Crippen LogP contribution in [0.25, 0.3) is 11.0 Å². The Kier molecular flexibility index (Phi) is 3.78. The van der Waals surface area contributed by atoms with Gasteiger partial charge in [0, 0.05) is 6.07 Å². The molecular formula is C14H15ClN2O. The number of terminal acetylenes is 1. The van der Waals surface area contributed by atoms with E-state index in [9.17, 15) is 0 Å². The lowest BCUT2D eigenvalue weighted by atomic mass is 10.3. The number of hydrogen-bond donors (Lipinski definition) is 0. The fourth-order valence-corrected chi connectivity index (χ4v) is 2.11. The standard InChI is InChI=1S/C14H15ClN2O/c1-4-8-17-13-7-6-11(18-5-2)9-12(13)16-14(17)10(3)15/h1,6-7,9-10H,5,8H2,2-3H3. The Morgan fingerprint density at radius 2 is 2.33 bits per heavy atom. The summed E-state index contributed by atoms with van der Waals surface area (Å²) >= 11 is 6.13. The molecule has 0 saturated carbocycles. The van der Waals surface area contributed by atoms with E-state index in [0.717, 1.165) is 22.6 Å². The molecule has 4 heteroatoms. The molecule has 0 aliphatic heterocycles. The maximum atomic E-state index is 6.13. The minimum absolute atomic E-state index is 0.179. The highest BCUT2D eigenvalue weighted by Gasteiger charge is 2.14. The van der Waals surface area contributed by atoms with E-state index >= 15 is 0 Å². The first-order valence-electron chi connectivity index (χ1n) is 5.88. The van der Waals surface area contributed by atoms with Crippen molar-refractivity contribution in [3.63, 3.8) is 0 Å². The van der Waals surface area contributed by atoms with Crippen LogP contribution in [0, 0.1) is 12.3 Å². The molecule has 18 heavy (non-hydrogen) atoms. The summed E-state index contributed by atoms with van der Waals surface area (Å²) < 4.78 is 7.42. The van der Waals surface area contributed by atoms with E-state index in [1.54, 1.807) is 0 Å². The third-order valence-corrected chi connectivity index (χ3v) is 2.86. The van der Waals surface area contributed by atoms with Gasteiger partial charge in [0.25, 0.3) is 0 Å².